The lowest BCUT2D eigenvalue weighted by Gasteiger charge is -2.25. The summed E-state index contributed by atoms with van der Waals surface area (Å²) in [6.07, 6.45) is 4.94. The van der Waals surface area contributed by atoms with Crippen LogP contribution in [-0.4, -0.2) is 12.6 Å². The maximum Gasteiger partial charge on any atom is 0.309 e. The molecule has 0 spiro atoms. The molecule has 1 aromatic rings. The summed E-state index contributed by atoms with van der Waals surface area (Å²) in [6.45, 7) is 4.72. The van der Waals surface area contributed by atoms with E-state index in [0.29, 0.717) is 12.5 Å². The molecule has 1 aliphatic carbocycles. The van der Waals surface area contributed by atoms with Crippen molar-refractivity contribution in [3.8, 4) is 0 Å². The number of ether oxygens (including phenoxy) is 1. The average molecular weight is 258 g/mol. The smallest absolute Gasteiger partial charge is 0.309 e. The summed E-state index contributed by atoms with van der Waals surface area (Å²) in [5, 5.41) is 0. The summed E-state index contributed by atoms with van der Waals surface area (Å²) in [6, 6.07) is 10.1. The molecule has 2 unspecified atom stereocenters. The minimum Gasteiger partial charge on any atom is -0.465 e. The Morgan fingerprint density at radius 3 is 2.74 bits per heavy atom. The van der Waals surface area contributed by atoms with Crippen molar-refractivity contribution in [3.05, 3.63) is 47.5 Å². The van der Waals surface area contributed by atoms with Gasteiger partial charge in [-0.3, -0.25) is 4.79 Å². The topological polar surface area (TPSA) is 26.3 Å². The van der Waals surface area contributed by atoms with Crippen LogP contribution in [0.2, 0.25) is 0 Å². The van der Waals surface area contributed by atoms with Gasteiger partial charge in [-0.1, -0.05) is 48.9 Å². The van der Waals surface area contributed by atoms with Crippen molar-refractivity contribution >= 4 is 5.97 Å². The van der Waals surface area contributed by atoms with E-state index >= 15 is 0 Å². The summed E-state index contributed by atoms with van der Waals surface area (Å²) in [4.78, 5) is 12.1. The maximum absolute atomic E-state index is 12.1. The van der Waals surface area contributed by atoms with Crippen LogP contribution in [0.25, 0.3) is 0 Å². The maximum atomic E-state index is 12.1. The first-order valence-corrected chi connectivity index (χ1v) is 7.04. The third-order valence-electron chi connectivity index (χ3n) is 3.81. The zero-order chi connectivity index (χ0) is 13.7. The van der Waals surface area contributed by atoms with Crippen LogP contribution in [0.5, 0.6) is 0 Å². The fraction of sp³-hybridized carbons (Fsp3) is 0.471. The molecule has 2 rings (SSSR count). The van der Waals surface area contributed by atoms with Gasteiger partial charge in [-0.15, -0.1) is 0 Å². The summed E-state index contributed by atoms with van der Waals surface area (Å²) in [5.74, 6) is 0.310. The average Bonchev–Trinajstić information content (AvgIpc) is 2.39. The first-order valence-electron chi connectivity index (χ1n) is 7.04. The molecule has 0 amide bonds. The van der Waals surface area contributed by atoms with Crippen molar-refractivity contribution in [1.29, 1.82) is 0 Å². The highest BCUT2D eigenvalue weighted by Crippen LogP contribution is 2.29. The van der Waals surface area contributed by atoms with Gasteiger partial charge in [-0.25, -0.2) is 0 Å². The molecule has 2 heteroatoms. The van der Waals surface area contributed by atoms with Gasteiger partial charge >= 0.3 is 5.97 Å². The van der Waals surface area contributed by atoms with Crippen LogP contribution >= 0.6 is 0 Å². The van der Waals surface area contributed by atoms with Crippen molar-refractivity contribution in [2.24, 2.45) is 11.8 Å². The Hall–Kier alpha value is -1.57. The summed E-state index contributed by atoms with van der Waals surface area (Å²) in [7, 11) is 0. The number of hydrogen-bond donors (Lipinski definition) is 0. The van der Waals surface area contributed by atoms with Crippen LogP contribution in [0.3, 0.4) is 0 Å². The van der Waals surface area contributed by atoms with Gasteiger partial charge in [0.1, 0.15) is 0 Å². The first-order chi connectivity index (χ1) is 9.16. The Morgan fingerprint density at radius 2 is 2.05 bits per heavy atom. The Labute approximate surface area is 115 Å². The molecule has 0 saturated heterocycles. The Morgan fingerprint density at radius 1 is 1.32 bits per heavy atom. The molecule has 0 saturated carbocycles. The van der Waals surface area contributed by atoms with Gasteiger partial charge in [-0.2, -0.15) is 0 Å². The molecule has 0 aromatic heterocycles. The van der Waals surface area contributed by atoms with Gasteiger partial charge in [0.25, 0.3) is 0 Å². The molecule has 2 atom stereocenters. The van der Waals surface area contributed by atoms with Crippen molar-refractivity contribution in [2.75, 3.05) is 6.61 Å². The molecule has 0 aliphatic heterocycles. The second-order valence-corrected chi connectivity index (χ2v) is 5.42. The van der Waals surface area contributed by atoms with E-state index in [9.17, 15) is 4.79 Å². The van der Waals surface area contributed by atoms with Gasteiger partial charge in [0, 0.05) is 6.42 Å². The van der Waals surface area contributed by atoms with Gasteiger partial charge < -0.3 is 4.74 Å². The second kappa shape index (κ2) is 6.55. The van der Waals surface area contributed by atoms with Crippen molar-refractivity contribution < 1.29 is 9.53 Å². The predicted octanol–water partition coefficient (Wildman–Crippen LogP) is 3.76. The molecule has 0 heterocycles. The van der Waals surface area contributed by atoms with Crippen LogP contribution in [0.15, 0.2) is 42.0 Å². The van der Waals surface area contributed by atoms with E-state index < -0.39 is 0 Å². The van der Waals surface area contributed by atoms with E-state index in [2.05, 4.69) is 32.1 Å². The lowest BCUT2D eigenvalue weighted by Crippen LogP contribution is -2.26. The summed E-state index contributed by atoms with van der Waals surface area (Å²) >= 11 is 0. The van der Waals surface area contributed by atoms with E-state index in [1.807, 2.05) is 18.2 Å². The molecule has 102 valence electrons. The SMILES string of the molecule is CC1=CC(C)C(C(=O)OCCc2ccccc2)CC1. The van der Waals surface area contributed by atoms with Gasteiger partial charge in [0.05, 0.1) is 12.5 Å². The van der Waals surface area contributed by atoms with E-state index in [0.717, 1.165) is 19.3 Å². The fourth-order valence-electron chi connectivity index (χ4n) is 2.65. The van der Waals surface area contributed by atoms with E-state index in [-0.39, 0.29) is 11.9 Å². The normalized spacial score (nSPS) is 22.7. The summed E-state index contributed by atoms with van der Waals surface area (Å²) in [5.41, 5.74) is 2.60. The number of carbonyl (C=O) groups excluding carboxylic acids is 1. The highest BCUT2D eigenvalue weighted by Gasteiger charge is 2.27. The number of benzene rings is 1. The molecule has 2 nitrogen and oxygen atoms in total. The first kappa shape index (κ1) is 13.9. The van der Waals surface area contributed by atoms with Gasteiger partial charge in [-0.05, 0) is 31.2 Å². The molecule has 19 heavy (non-hydrogen) atoms. The number of carbonyl (C=O) groups is 1. The largest absolute Gasteiger partial charge is 0.465 e. The number of allylic oxidation sites excluding steroid dienone is 2. The number of rotatable bonds is 4. The van der Waals surface area contributed by atoms with Crippen LogP contribution in [0.1, 0.15) is 32.3 Å². The fourth-order valence-corrected chi connectivity index (χ4v) is 2.65. The molecule has 0 fully saturated rings. The number of esters is 1. The second-order valence-electron chi connectivity index (χ2n) is 5.42. The van der Waals surface area contributed by atoms with Gasteiger partial charge in [0.15, 0.2) is 0 Å². The molecular weight excluding hydrogens is 236 g/mol. The minimum absolute atomic E-state index is 0.0350. The third-order valence-corrected chi connectivity index (χ3v) is 3.81. The van der Waals surface area contributed by atoms with E-state index in [1.165, 1.54) is 11.1 Å². The Bertz CT molecular complexity index is 448. The van der Waals surface area contributed by atoms with Crippen LogP contribution in [0.4, 0.5) is 0 Å². The highest BCUT2D eigenvalue weighted by atomic mass is 16.5. The lowest BCUT2D eigenvalue weighted by molar-refractivity contribution is -0.150. The molecule has 1 aromatic carbocycles. The lowest BCUT2D eigenvalue weighted by atomic mass is 9.82. The monoisotopic (exact) mass is 258 g/mol. The quantitative estimate of drug-likeness (QED) is 0.607. The Kier molecular flexibility index (Phi) is 4.78. The number of hydrogen-bond acceptors (Lipinski definition) is 2. The molecule has 1 aliphatic rings. The van der Waals surface area contributed by atoms with Crippen LogP contribution in [-0.2, 0) is 16.0 Å². The predicted molar refractivity (Wildman–Crippen MR) is 76.8 cm³/mol. The van der Waals surface area contributed by atoms with Crippen LogP contribution in [0, 0.1) is 11.8 Å². The van der Waals surface area contributed by atoms with Crippen LogP contribution < -0.4 is 0 Å². The Balaban J connectivity index is 1.79. The van der Waals surface area contributed by atoms with Crippen molar-refractivity contribution in [1.82, 2.24) is 0 Å². The molecule has 0 radical (unpaired) electrons. The zero-order valence-corrected chi connectivity index (χ0v) is 11.8. The standard InChI is InChI=1S/C17H22O2/c1-13-8-9-16(14(2)12-13)17(18)19-11-10-15-6-4-3-5-7-15/h3-7,12,14,16H,8-11H2,1-2H3. The van der Waals surface area contributed by atoms with Crippen molar-refractivity contribution in [3.63, 3.8) is 0 Å². The van der Waals surface area contributed by atoms with Crippen molar-refractivity contribution in [2.45, 2.75) is 33.1 Å². The summed E-state index contributed by atoms with van der Waals surface area (Å²) < 4.78 is 5.42. The third kappa shape index (κ3) is 3.95. The zero-order valence-electron chi connectivity index (χ0n) is 11.8. The van der Waals surface area contributed by atoms with Gasteiger partial charge in [0.2, 0.25) is 0 Å². The molecular formula is C17H22O2. The minimum atomic E-state index is -0.0350. The highest BCUT2D eigenvalue weighted by molar-refractivity contribution is 5.73. The van der Waals surface area contributed by atoms with E-state index in [1.54, 1.807) is 0 Å². The van der Waals surface area contributed by atoms with E-state index in [4.69, 9.17) is 4.74 Å². The molecule has 0 N–H and O–H groups in total. The molecule has 0 bridgehead atoms.